The molecular formula is C13H18N6O2. The molecule has 1 amide bonds. The van der Waals surface area contributed by atoms with Gasteiger partial charge in [-0.25, -0.2) is 9.67 Å². The van der Waals surface area contributed by atoms with E-state index in [2.05, 4.69) is 15.3 Å². The molecule has 0 unspecified atom stereocenters. The molecule has 8 nitrogen and oxygen atoms in total. The van der Waals surface area contributed by atoms with Gasteiger partial charge >= 0.3 is 0 Å². The summed E-state index contributed by atoms with van der Waals surface area (Å²) in [6.07, 6.45) is 4.63. The van der Waals surface area contributed by atoms with E-state index < -0.39 is 0 Å². The van der Waals surface area contributed by atoms with Crippen LogP contribution < -0.4 is 5.56 Å². The number of likely N-dealkylation sites (tertiary alicyclic amines) is 1. The van der Waals surface area contributed by atoms with Crippen LogP contribution in [0.15, 0.2) is 11.1 Å². The number of carbonyl (C=O) groups excluding carboxylic acids is 1. The predicted octanol–water partition coefficient (Wildman–Crippen LogP) is 0.0204. The minimum Gasteiger partial charge on any atom is -0.341 e. The summed E-state index contributed by atoms with van der Waals surface area (Å²) in [4.78, 5) is 30.5. The summed E-state index contributed by atoms with van der Waals surface area (Å²) < 4.78 is 2.88. The molecule has 2 aromatic heterocycles. The summed E-state index contributed by atoms with van der Waals surface area (Å²) in [6.45, 7) is 4.06. The molecule has 0 aliphatic carbocycles. The number of aryl methyl sites for hydroxylation is 1. The van der Waals surface area contributed by atoms with Crippen LogP contribution in [0.1, 0.15) is 26.2 Å². The number of hydrogen-bond acceptors (Lipinski definition) is 5. The van der Waals surface area contributed by atoms with Gasteiger partial charge in [-0.15, -0.1) is 5.10 Å². The zero-order valence-electron chi connectivity index (χ0n) is 12.0. The van der Waals surface area contributed by atoms with Gasteiger partial charge in [-0.05, 0) is 26.2 Å². The minimum absolute atomic E-state index is 0.0146. The van der Waals surface area contributed by atoms with Crippen LogP contribution in [0.3, 0.4) is 0 Å². The fourth-order valence-corrected chi connectivity index (χ4v) is 2.60. The largest absolute Gasteiger partial charge is 0.341 e. The van der Waals surface area contributed by atoms with Crippen molar-refractivity contribution in [2.45, 2.75) is 39.3 Å². The predicted molar refractivity (Wildman–Crippen MR) is 75.7 cm³/mol. The lowest BCUT2D eigenvalue weighted by atomic mass is 10.1. The van der Waals surface area contributed by atoms with Crippen LogP contribution in [-0.4, -0.2) is 48.4 Å². The van der Waals surface area contributed by atoms with Crippen molar-refractivity contribution in [1.29, 1.82) is 0 Å². The zero-order chi connectivity index (χ0) is 14.8. The number of fused-ring (bicyclic) bond motifs is 1. The van der Waals surface area contributed by atoms with Crippen molar-refractivity contribution in [2.24, 2.45) is 0 Å². The highest BCUT2D eigenvalue weighted by atomic mass is 16.2. The Bertz CT molecular complexity index is 713. The third kappa shape index (κ3) is 2.53. The molecule has 3 rings (SSSR count). The lowest BCUT2D eigenvalue weighted by Crippen LogP contribution is -2.39. The molecule has 0 saturated carbocycles. The smallest absolute Gasteiger partial charge is 0.283 e. The van der Waals surface area contributed by atoms with Crippen LogP contribution in [0.5, 0.6) is 0 Å². The molecule has 0 bridgehead atoms. The lowest BCUT2D eigenvalue weighted by Gasteiger charge is -2.26. The Kier molecular flexibility index (Phi) is 3.68. The van der Waals surface area contributed by atoms with E-state index in [1.807, 2.05) is 11.8 Å². The molecule has 2 aromatic rings. The molecule has 21 heavy (non-hydrogen) atoms. The molecule has 8 heteroatoms. The maximum absolute atomic E-state index is 12.3. The Hall–Kier alpha value is -2.25. The van der Waals surface area contributed by atoms with Gasteiger partial charge in [-0.1, -0.05) is 5.21 Å². The third-order valence-electron chi connectivity index (χ3n) is 3.81. The van der Waals surface area contributed by atoms with Crippen LogP contribution in [0.2, 0.25) is 0 Å². The van der Waals surface area contributed by atoms with Crippen molar-refractivity contribution < 1.29 is 4.79 Å². The molecule has 1 fully saturated rings. The fraction of sp³-hybridized carbons (Fsp3) is 0.615. The van der Waals surface area contributed by atoms with Crippen molar-refractivity contribution in [1.82, 2.24) is 29.4 Å². The molecule has 1 saturated heterocycles. The number of hydrogen-bond donors (Lipinski definition) is 0. The summed E-state index contributed by atoms with van der Waals surface area (Å²) in [7, 11) is 0. The summed E-state index contributed by atoms with van der Waals surface area (Å²) in [5.74, 6) is -0.0409. The molecule has 3 heterocycles. The second-order valence-electron chi connectivity index (χ2n) is 5.20. The average Bonchev–Trinajstić information content (AvgIpc) is 2.94. The van der Waals surface area contributed by atoms with Crippen molar-refractivity contribution in [3.8, 4) is 0 Å². The molecule has 0 radical (unpaired) electrons. The Morgan fingerprint density at radius 1 is 1.29 bits per heavy atom. The monoisotopic (exact) mass is 290 g/mol. The van der Waals surface area contributed by atoms with Crippen LogP contribution in [0, 0.1) is 0 Å². The molecule has 0 N–H and O–H groups in total. The SMILES string of the molecule is CCn1nnc2c(=O)n(CC(=O)N3CCCCC3)cnc21. The van der Waals surface area contributed by atoms with E-state index in [0.29, 0.717) is 12.2 Å². The van der Waals surface area contributed by atoms with Crippen LogP contribution in [0.4, 0.5) is 0 Å². The maximum Gasteiger partial charge on any atom is 0.283 e. The highest BCUT2D eigenvalue weighted by molar-refractivity contribution is 5.76. The molecule has 0 spiro atoms. The van der Waals surface area contributed by atoms with E-state index >= 15 is 0 Å². The van der Waals surface area contributed by atoms with Crippen LogP contribution >= 0.6 is 0 Å². The van der Waals surface area contributed by atoms with Crippen LogP contribution in [0.25, 0.3) is 11.2 Å². The lowest BCUT2D eigenvalue weighted by molar-refractivity contribution is -0.132. The number of nitrogens with zero attached hydrogens (tertiary/aromatic N) is 6. The minimum atomic E-state index is -0.315. The van der Waals surface area contributed by atoms with E-state index in [4.69, 9.17) is 0 Å². The summed E-state index contributed by atoms with van der Waals surface area (Å²) in [5, 5.41) is 7.74. The van der Waals surface area contributed by atoms with E-state index in [1.165, 1.54) is 10.9 Å². The van der Waals surface area contributed by atoms with E-state index in [0.717, 1.165) is 32.4 Å². The van der Waals surface area contributed by atoms with Gasteiger partial charge < -0.3 is 4.90 Å². The van der Waals surface area contributed by atoms with Gasteiger partial charge in [0.25, 0.3) is 5.56 Å². The first-order valence-electron chi connectivity index (χ1n) is 7.27. The second kappa shape index (κ2) is 5.63. The highest BCUT2D eigenvalue weighted by Crippen LogP contribution is 2.09. The van der Waals surface area contributed by atoms with Gasteiger partial charge in [-0.2, -0.15) is 0 Å². The van der Waals surface area contributed by atoms with Gasteiger partial charge in [0.15, 0.2) is 11.2 Å². The molecule has 0 aromatic carbocycles. The molecule has 112 valence electrons. The van der Waals surface area contributed by atoms with E-state index in [-0.39, 0.29) is 23.5 Å². The average molecular weight is 290 g/mol. The molecule has 0 atom stereocenters. The molecule has 1 aliphatic heterocycles. The number of piperidine rings is 1. The molecule has 1 aliphatic rings. The molecular weight excluding hydrogens is 272 g/mol. The highest BCUT2D eigenvalue weighted by Gasteiger charge is 2.18. The van der Waals surface area contributed by atoms with Crippen LogP contribution in [-0.2, 0) is 17.9 Å². The van der Waals surface area contributed by atoms with Gasteiger partial charge in [0.05, 0.1) is 0 Å². The van der Waals surface area contributed by atoms with Crippen molar-refractivity contribution in [3.05, 3.63) is 16.7 Å². The number of carbonyl (C=O) groups is 1. The standard InChI is InChI=1S/C13H18N6O2/c1-2-19-12-11(15-16-19)13(21)18(9-14-12)8-10(20)17-6-4-3-5-7-17/h9H,2-8H2,1H3. The maximum atomic E-state index is 12.3. The van der Waals surface area contributed by atoms with Gasteiger partial charge in [-0.3, -0.25) is 14.2 Å². The van der Waals surface area contributed by atoms with Gasteiger partial charge in [0, 0.05) is 19.6 Å². The van der Waals surface area contributed by atoms with Gasteiger partial charge in [0.2, 0.25) is 5.91 Å². The second-order valence-corrected chi connectivity index (χ2v) is 5.20. The Labute approximate surface area is 121 Å². The van der Waals surface area contributed by atoms with Crippen molar-refractivity contribution >= 4 is 17.1 Å². The first-order valence-corrected chi connectivity index (χ1v) is 7.27. The van der Waals surface area contributed by atoms with Crippen molar-refractivity contribution in [2.75, 3.05) is 13.1 Å². The first kappa shape index (κ1) is 13.7. The van der Waals surface area contributed by atoms with E-state index in [9.17, 15) is 9.59 Å². The number of amides is 1. The Morgan fingerprint density at radius 3 is 2.76 bits per heavy atom. The van der Waals surface area contributed by atoms with Crippen molar-refractivity contribution in [3.63, 3.8) is 0 Å². The summed E-state index contributed by atoms with van der Waals surface area (Å²) in [6, 6.07) is 0. The topological polar surface area (TPSA) is 85.9 Å². The third-order valence-corrected chi connectivity index (χ3v) is 3.81. The Balaban J connectivity index is 1.85. The number of aromatic nitrogens is 5. The normalized spacial score (nSPS) is 15.6. The Morgan fingerprint density at radius 2 is 2.05 bits per heavy atom. The fourth-order valence-electron chi connectivity index (χ4n) is 2.60. The summed E-state index contributed by atoms with van der Waals surface area (Å²) in [5.41, 5.74) is 0.361. The zero-order valence-corrected chi connectivity index (χ0v) is 12.0. The first-order chi connectivity index (χ1) is 10.2. The quantitative estimate of drug-likeness (QED) is 0.795. The number of rotatable bonds is 3. The summed E-state index contributed by atoms with van der Waals surface area (Å²) >= 11 is 0. The van der Waals surface area contributed by atoms with Gasteiger partial charge in [0.1, 0.15) is 12.9 Å². The van der Waals surface area contributed by atoms with E-state index in [1.54, 1.807) is 4.68 Å².